The number of ether oxygens (including phenoxy) is 2. The monoisotopic (exact) mass is 172 g/mol. The van der Waals surface area contributed by atoms with Gasteiger partial charge in [-0.2, -0.15) is 11.0 Å². The number of nitrogens with one attached hydrogen (secondary N) is 2. The summed E-state index contributed by atoms with van der Waals surface area (Å²) in [5, 5.41) is 0. The maximum Gasteiger partial charge on any atom is 0.186 e. The molecule has 0 saturated carbocycles. The Balaban J connectivity index is 1.80. The first-order valence-corrected chi connectivity index (χ1v) is 4.07. The Hall–Kier alpha value is -0.240. The SMILES string of the molecule is N1OC2OC3NOC4OC1C2C34. The van der Waals surface area contributed by atoms with Crippen molar-refractivity contribution in [1.82, 2.24) is 11.0 Å². The highest BCUT2D eigenvalue weighted by Gasteiger charge is 2.65. The molecule has 0 amide bonds. The van der Waals surface area contributed by atoms with E-state index in [4.69, 9.17) is 19.1 Å². The van der Waals surface area contributed by atoms with Gasteiger partial charge in [-0.05, 0) is 0 Å². The van der Waals surface area contributed by atoms with Crippen molar-refractivity contribution in [3.8, 4) is 0 Å². The van der Waals surface area contributed by atoms with Gasteiger partial charge in [-0.3, -0.25) is 9.68 Å². The van der Waals surface area contributed by atoms with E-state index in [0.29, 0.717) is 0 Å². The lowest BCUT2D eigenvalue weighted by Gasteiger charge is -2.10. The van der Waals surface area contributed by atoms with E-state index in [1.54, 1.807) is 0 Å². The van der Waals surface area contributed by atoms with Crippen molar-refractivity contribution < 1.29 is 19.1 Å². The second-order valence-corrected chi connectivity index (χ2v) is 3.48. The van der Waals surface area contributed by atoms with Crippen molar-refractivity contribution >= 4 is 0 Å². The van der Waals surface area contributed by atoms with Crippen LogP contribution < -0.4 is 11.0 Å². The van der Waals surface area contributed by atoms with E-state index in [1.807, 2.05) is 0 Å². The summed E-state index contributed by atoms with van der Waals surface area (Å²) >= 11 is 0. The predicted octanol–water partition coefficient (Wildman–Crippen LogP) is -1.35. The minimum Gasteiger partial charge on any atom is -0.330 e. The zero-order chi connectivity index (χ0) is 7.71. The van der Waals surface area contributed by atoms with Crippen LogP contribution in [0.1, 0.15) is 0 Å². The van der Waals surface area contributed by atoms with Crippen LogP contribution in [0, 0.1) is 11.8 Å². The van der Waals surface area contributed by atoms with Gasteiger partial charge in [-0.25, -0.2) is 0 Å². The Morgan fingerprint density at radius 2 is 1.25 bits per heavy atom. The molecule has 66 valence electrons. The first-order valence-electron chi connectivity index (χ1n) is 4.07. The molecule has 0 aliphatic carbocycles. The van der Waals surface area contributed by atoms with Gasteiger partial charge in [-0.1, -0.05) is 0 Å². The van der Waals surface area contributed by atoms with Gasteiger partial charge in [0.05, 0.1) is 11.8 Å². The zero-order valence-electron chi connectivity index (χ0n) is 6.10. The van der Waals surface area contributed by atoms with Crippen LogP contribution in [0.25, 0.3) is 0 Å². The van der Waals surface area contributed by atoms with Gasteiger partial charge in [0.25, 0.3) is 0 Å². The van der Waals surface area contributed by atoms with Crippen LogP contribution in [0.5, 0.6) is 0 Å². The molecule has 4 aliphatic rings. The van der Waals surface area contributed by atoms with Crippen LogP contribution in [-0.4, -0.2) is 25.0 Å². The molecule has 4 saturated heterocycles. The molecule has 6 atom stereocenters. The van der Waals surface area contributed by atoms with Crippen molar-refractivity contribution in [3.63, 3.8) is 0 Å². The molecule has 0 aromatic carbocycles. The van der Waals surface area contributed by atoms with E-state index < -0.39 is 0 Å². The molecule has 2 N–H and O–H groups in total. The van der Waals surface area contributed by atoms with Gasteiger partial charge in [-0.15, -0.1) is 0 Å². The zero-order valence-corrected chi connectivity index (χ0v) is 6.10. The fraction of sp³-hybridized carbons (Fsp3) is 1.00. The van der Waals surface area contributed by atoms with Crippen LogP contribution in [-0.2, 0) is 19.1 Å². The van der Waals surface area contributed by atoms with Crippen LogP contribution in [0.4, 0.5) is 0 Å². The molecular formula is C6H8N2O4. The predicted molar refractivity (Wildman–Crippen MR) is 32.7 cm³/mol. The summed E-state index contributed by atoms with van der Waals surface area (Å²) < 4.78 is 11.0. The van der Waals surface area contributed by atoms with Crippen LogP contribution in [0.2, 0.25) is 0 Å². The quantitative estimate of drug-likeness (QED) is 0.471. The molecular weight excluding hydrogens is 164 g/mol. The second kappa shape index (κ2) is 1.82. The molecule has 0 spiro atoms. The summed E-state index contributed by atoms with van der Waals surface area (Å²) in [4.78, 5) is 10.3. The van der Waals surface area contributed by atoms with Crippen LogP contribution in [0.15, 0.2) is 0 Å². The molecule has 0 radical (unpaired) electrons. The highest BCUT2D eigenvalue weighted by molar-refractivity contribution is 4.99. The summed E-state index contributed by atoms with van der Waals surface area (Å²) in [6, 6.07) is 0. The maximum atomic E-state index is 5.51. The fourth-order valence-electron chi connectivity index (χ4n) is 2.40. The van der Waals surface area contributed by atoms with Crippen molar-refractivity contribution in [1.29, 1.82) is 0 Å². The molecule has 0 aromatic heterocycles. The Morgan fingerprint density at radius 1 is 0.750 bits per heavy atom. The minimum atomic E-state index is -0.175. The molecule has 0 aromatic rings. The van der Waals surface area contributed by atoms with E-state index in [1.165, 1.54) is 0 Å². The normalized spacial score (nSPS) is 66.0. The highest BCUT2D eigenvalue weighted by atomic mass is 16.9. The smallest absolute Gasteiger partial charge is 0.186 e. The average Bonchev–Trinajstić information content (AvgIpc) is 2.71. The third kappa shape index (κ3) is 0.525. The molecule has 4 aliphatic heterocycles. The largest absolute Gasteiger partial charge is 0.330 e. The van der Waals surface area contributed by atoms with Gasteiger partial charge in [0.15, 0.2) is 12.6 Å². The fourth-order valence-corrected chi connectivity index (χ4v) is 2.40. The molecule has 6 unspecified atom stereocenters. The van der Waals surface area contributed by atoms with Crippen LogP contribution in [0.3, 0.4) is 0 Å². The molecule has 4 heterocycles. The topological polar surface area (TPSA) is 61.0 Å². The van der Waals surface area contributed by atoms with E-state index in [0.717, 1.165) is 0 Å². The first-order chi connectivity index (χ1) is 5.93. The summed E-state index contributed by atoms with van der Waals surface area (Å²) in [5.41, 5.74) is 5.56. The summed E-state index contributed by atoms with van der Waals surface area (Å²) in [6.45, 7) is 0. The van der Waals surface area contributed by atoms with Crippen molar-refractivity contribution in [2.24, 2.45) is 11.8 Å². The molecule has 0 bridgehead atoms. The van der Waals surface area contributed by atoms with Crippen molar-refractivity contribution in [3.05, 3.63) is 0 Å². The Morgan fingerprint density at radius 3 is 1.75 bits per heavy atom. The van der Waals surface area contributed by atoms with Gasteiger partial charge in [0.2, 0.25) is 0 Å². The number of hydrogen-bond acceptors (Lipinski definition) is 6. The van der Waals surface area contributed by atoms with Gasteiger partial charge >= 0.3 is 0 Å². The second-order valence-electron chi connectivity index (χ2n) is 3.48. The Labute approximate surface area is 68.0 Å². The minimum absolute atomic E-state index is 0.0582. The molecule has 4 rings (SSSR count). The highest BCUT2D eigenvalue weighted by Crippen LogP contribution is 2.49. The third-order valence-electron chi connectivity index (χ3n) is 2.93. The van der Waals surface area contributed by atoms with Gasteiger partial charge in [0, 0.05) is 0 Å². The Bertz CT molecular complexity index is 194. The number of hydrogen-bond donors (Lipinski definition) is 2. The summed E-state index contributed by atoms with van der Waals surface area (Å²) in [7, 11) is 0. The van der Waals surface area contributed by atoms with E-state index in [-0.39, 0.29) is 36.9 Å². The standard InChI is InChI=1S/C6H8N2O4/c7-3-1-2-4(10-5(1)11-7)8-12-6(2)9-3/h1-8H. The Kier molecular flexibility index (Phi) is 0.946. The lowest BCUT2D eigenvalue weighted by Crippen LogP contribution is -2.30. The summed E-state index contributed by atoms with van der Waals surface area (Å²) in [5.74, 6) is 0.546. The third-order valence-corrected chi connectivity index (χ3v) is 2.93. The average molecular weight is 172 g/mol. The van der Waals surface area contributed by atoms with Crippen LogP contribution >= 0.6 is 0 Å². The van der Waals surface area contributed by atoms with E-state index in [2.05, 4.69) is 11.0 Å². The van der Waals surface area contributed by atoms with E-state index in [9.17, 15) is 0 Å². The van der Waals surface area contributed by atoms with E-state index >= 15 is 0 Å². The van der Waals surface area contributed by atoms with Gasteiger partial charge in [0.1, 0.15) is 12.5 Å². The lowest BCUT2D eigenvalue weighted by molar-refractivity contribution is -0.213. The molecule has 4 fully saturated rings. The molecule has 12 heavy (non-hydrogen) atoms. The molecule has 6 heteroatoms. The van der Waals surface area contributed by atoms with Crippen molar-refractivity contribution in [2.45, 2.75) is 25.0 Å². The maximum absolute atomic E-state index is 5.51. The molecule has 6 nitrogen and oxygen atoms in total. The number of hydroxylamine groups is 2. The van der Waals surface area contributed by atoms with Crippen molar-refractivity contribution in [2.75, 3.05) is 0 Å². The van der Waals surface area contributed by atoms with Gasteiger partial charge < -0.3 is 9.47 Å². The summed E-state index contributed by atoms with van der Waals surface area (Å²) in [6.07, 6.45) is -0.466. The number of rotatable bonds is 0. The first kappa shape index (κ1) is 6.25. The lowest BCUT2D eigenvalue weighted by atomic mass is 9.95.